The van der Waals surface area contributed by atoms with Gasteiger partial charge in [0.1, 0.15) is 4.60 Å². The first-order chi connectivity index (χ1) is 8.74. The van der Waals surface area contributed by atoms with E-state index in [1.54, 1.807) is 0 Å². The van der Waals surface area contributed by atoms with E-state index in [0.717, 1.165) is 30.3 Å². The van der Waals surface area contributed by atoms with Gasteiger partial charge in [0.25, 0.3) is 0 Å². The summed E-state index contributed by atoms with van der Waals surface area (Å²) < 4.78 is 1.92. The monoisotopic (exact) mass is 410 g/mol. The number of benzene rings is 1. The molecule has 0 saturated carbocycles. The molecule has 0 spiro atoms. The average molecular weight is 411 g/mol. The molecule has 0 aliphatic carbocycles. The number of hydrogen-bond acceptors (Lipinski definition) is 2. The Morgan fingerprint density at radius 2 is 1.83 bits per heavy atom. The standard InChI is InChI=1S/C14H8BrIN2/c15-13-7-11(9-4-2-1-3-5-9)14-12(18-13)6-10(16)8-17-14/h1-8H. The highest BCUT2D eigenvalue weighted by Gasteiger charge is 2.08. The summed E-state index contributed by atoms with van der Waals surface area (Å²) in [4.78, 5) is 8.98. The van der Waals surface area contributed by atoms with E-state index in [1.807, 2.05) is 36.5 Å². The van der Waals surface area contributed by atoms with Crippen molar-refractivity contribution in [3.8, 4) is 11.1 Å². The maximum Gasteiger partial charge on any atom is 0.107 e. The van der Waals surface area contributed by atoms with Crippen molar-refractivity contribution in [1.82, 2.24) is 9.97 Å². The zero-order chi connectivity index (χ0) is 12.5. The number of pyridine rings is 2. The van der Waals surface area contributed by atoms with Gasteiger partial charge in [-0.3, -0.25) is 4.98 Å². The lowest BCUT2D eigenvalue weighted by molar-refractivity contribution is 1.29. The zero-order valence-corrected chi connectivity index (χ0v) is 13.0. The largest absolute Gasteiger partial charge is 0.253 e. The van der Waals surface area contributed by atoms with Crippen LogP contribution in [0.4, 0.5) is 0 Å². The van der Waals surface area contributed by atoms with E-state index >= 15 is 0 Å². The van der Waals surface area contributed by atoms with Crippen molar-refractivity contribution in [1.29, 1.82) is 0 Å². The molecular formula is C14H8BrIN2. The number of rotatable bonds is 1. The third-order valence-electron chi connectivity index (χ3n) is 2.66. The Morgan fingerprint density at radius 3 is 2.61 bits per heavy atom. The minimum atomic E-state index is 0.831. The van der Waals surface area contributed by atoms with Crippen molar-refractivity contribution in [2.24, 2.45) is 0 Å². The van der Waals surface area contributed by atoms with Gasteiger partial charge in [-0.25, -0.2) is 4.98 Å². The Balaban J connectivity index is 2.35. The fraction of sp³-hybridized carbons (Fsp3) is 0. The van der Waals surface area contributed by atoms with Crippen LogP contribution >= 0.6 is 38.5 Å². The van der Waals surface area contributed by atoms with Gasteiger partial charge in [-0.05, 0) is 56.2 Å². The Labute approximate surface area is 127 Å². The van der Waals surface area contributed by atoms with Crippen molar-refractivity contribution in [3.05, 3.63) is 56.8 Å². The van der Waals surface area contributed by atoms with Crippen molar-refractivity contribution < 1.29 is 0 Å². The van der Waals surface area contributed by atoms with E-state index < -0.39 is 0 Å². The summed E-state index contributed by atoms with van der Waals surface area (Å²) in [5, 5.41) is 0. The maximum atomic E-state index is 4.51. The molecule has 3 rings (SSSR count). The first-order valence-corrected chi connectivity index (χ1v) is 7.28. The summed E-state index contributed by atoms with van der Waals surface area (Å²) in [6.45, 7) is 0. The molecule has 0 fully saturated rings. The smallest absolute Gasteiger partial charge is 0.107 e. The Kier molecular flexibility index (Phi) is 3.30. The minimum Gasteiger partial charge on any atom is -0.253 e. The lowest BCUT2D eigenvalue weighted by Crippen LogP contribution is -1.90. The molecule has 2 nitrogen and oxygen atoms in total. The van der Waals surface area contributed by atoms with Crippen LogP contribution in [0.5, 0.6) is 0 Å². The number of fused-ring (bicyclic) bond motifs is 1. The predicted molar refractivity (Wildman–Crippen MR) is 85.4 cm³/mol. The van der Waals surface area contributed by atoms with Gasteiger partial charge >= 0.3 is 0 Å². The van der Waals surface area contributed by atoms with Crippen LogP contribution in [0.15, 0.2) is 53.3 Å². The Hall–Kier alpha value is -1.01. The molecule has 3 aromatic rings. The molecule has 18 heavy (non-hydrogen) atoms. The highest BCUT2D eigenvalue weighted by Crippen LogP contribution is 2.29. The molecule has 0 atom stereocenters. The summed E-state index contributed by atoms with van der Waals surface area (Å²) in [5.41, 5.74) is 4.10. The van der Waals surface area contributed by atoms with Crippen molar-refractivity contribution in [2.75, 3.05) is 0 Å². The van der Waals surface area contributed by atoms with Gasteiger partial charge < -0.3 is 0 Å². The molecule has 0 aliphatic rings. The van der Waals surface area contributed by atoms with Crippen LogP contribution in [0.25, 0.3) is 22.2 Å². The minimum absolute atomic E-state index is 0.831. The lowest BCUT2D eigenvalue weighted by Gasteiger charge is -2.06. The van der Waals surface area contributed by atoms with Gasteiger partial charge in [-0.1, -0.05) is 30.3 Å². The molecule has 4 heteroatoms. The maximum absolute atomic E-state index is 4.51. The van der Waals surface area contributed by atoms with E-state index in [2.05, 4.69) is 60.6 Å². The highest BCUT2D eigenvalue weighted by atomic mass is 127. The van der Waals surface area contributed by atoms with Gasteiger partial charge in [0.15, 0.2) is 0 Å². The summed E-state index contributed by atoms with van der Waals surface area (Å²) >= 11 is 5.71. The summed E-state index contributed by atoms with van der Waals surface area (Å²) in [5.74, 6) is 0. The first kappa shape index (κ1) is 12.0. The Bertz CT molecular complexity index is 708. The van der Waals surface area contributed by atoms with E-state index in [-0.39, 0.29) is 0 Å². The van der Waals surface area contributed by atoms with Gasteiger partial charge in [0, 0.05) is 15.3 Å². The second-order valence-electron chi connectivity index (χ2n) is 3.88. The van der Waals surface area contributed by atoms with Gasteiger partial charge in [-0.15, -0.1) is 0 Å². The van der Waals surface area contributed by atoms with Crippen LogP contribution in [0.1, 0.15) is 0 Å². The van der Waals surface area contributed by atoms with E-state index in [4.69, 9.17) is 0 Å². The molecule has 0 bridgehead atoms. The number of hydrogen-bond donors (Lipinski definition) is 0. The van der Waals surface area contributed by atoms with Crippen molar-refractivity contribution >= 4 is 49.6 Å². The van der Waals surface area contributed by atoms with E-state index in [1.165, 1.54) is 0 Å². The molecule has 0 radical (unpaired) electrons. The molecule has 0 aliphatic heterocycles. The van der Waals surface area contributed by atoms with E-state index in [0.29, 0.717) is 0 Å². The second-order valence-corrected chi connectivity index (χ2v) is 5.94. The van der Waals surface area contributed by atoms with E-state index in [9.17, 15) is 0 Å². The van der Waals surface area contributed by atoms with Gasteiger partial charge in [-0.2, -0.15) is 0 Å². The number of aromatic nitrogens is 2. The second kappa shape index (κ2) is 4.93. The fourth-order valence-electron chi connectivity index (χ4n) is 1.89. The molecule has 0 unspecified atom stereocenters. The molecule has 1 aromatic carbocycles. The van der Waals surface area contributed by atoms with Crippen LogP contribution in [0.3, 0.4) is 0 Å². The van der Waals surface area contributed by atoms with Gasteiger partial charge in [0.05, 0.1) is 11.0 Å². The topological polar surface area (TPSA) is 25.8 Å². The molecule has 2 aromatic heterocycles. The summed E-state index contributed by atoms with van der Waals surface area (Å²) in [7, 11) is 0. The van der Waals surface area contributed by atoms with Crippen LogP contribution in [-0.2, 0) is 0 Å². The fourth-order valence-corrected chi connectivity index (χ4v) is 2.75. The van der Waals surface area contributed by atoms with Crippen LogP contribution < -0.4 is 0 Å². The highest BCUT2D eigenvalue weighted by molar-refractivity contribution is 14.1. The van der Waals surface area contributed by atoms with Gasteiger partial charge in [0.2, 0.25) is 0 Å². The third kappa shape index (κ3) is 2.27. The zero-order valence-electron chi connectivity index (χ0n) is 9.27. The molecule has 0 amide bonds. The normalized spacial score (nSPS) is 10.8. The predicted octanol–water partition coefficient (Wildman–Crippen LogP) is 4.66. The average Bonchev–Trinajstić information content (AvgIpc) is 2.38. The molecule has 2 heterocycles. The van der Waals surface area contributed by atoms with Crippen LogP contribution in [0, 0.1) is 3.57 Å². The quantitative estimate of drug-likeness (QED) is 0.430. The number of nitrogens with zero attached hydrogens (tertiary/aromatic N) is 2. The van der Waals surface area contributed by atoms with Crippen LogP contribution in [-0.4, -0.2) is 9.97 Å². The Morgan fingerprint density at radius 1 is 1.06 bits per heavy atom. The van der Waals surface area contributed by atoms with Crippen molar-refractivity contribution in [2.45, 2.75) is 0 Å². The first-order valence-electron chi connectivity index (χ1n) is 5.41. The molecule has 0 saturated heterocycles. The molecular weight excluding hydrogens is 403 g/mol. The number of halogens is 2. The van der Waals surface area contributed by atoms with Crippen molar-refractivity contribution in [3.63, 3.8) is 0 Å². The summed E-state index contributed by atoms with van der Waals surface area (Å²) in [6, 6.07) is 14.3. The molecule has 0 N–H and O–H groups in total. The van der Waals surface area contributed by atoms with Crippen LogP contribution in [0.2, 0.25) is 0 Å². The third-order valence-corrected chi connectivity index (χ3v) is 3.66. The SMILES string of the molecule is Brc1cc(-c2ccccc2)c2ncc(I)cc2n1. The molecule has 88 valence electrons. The lowest BCUT2D eigenvalue weighted by atomic mass is 10.1. The summed E-state index contributed by atoms with van der Waals surface area (Å²) in [6.07, 6.45) is 1.87.